The second-order valence-electron chi connectivity index (χ2n) is 9.28. The van der Waals surface area contributed by atoms with E-state index in [4.69, 9.17) is 4.98 Å². The molecule has 1 unspecified atom stereocenters. The lowest BCUT2D eigenvalue weighted by molar-refractivity contribution is 0.735. The molecule has 0 aliphatic carbocycles. The van der Waals surface area contributed by atoms with E-state index in [-0.39, 0.29) is 0 Å². The molecule has 2 nitrogen and oxygen atoms in total. The van der Waals surface area contributed by atoms with Crippen LogP contribution in [-0.2, 0) is 0 Å². The molecule has 0 radical (unpaired) electrons. The first kappa shape index (κ1) is 20.7. The Kier molecular flexibility index (Phi) is 4.95. The van der Waals surface area contributed by atoms with E-state index < -0.39 is 0 Å². The Balaban J connectivity index is 1.76. The molecule has 0 spiro atoms. The summed E-state index contributed by atoms with van der Waals surface area (Å²) in [4.78, 5) is 4.72. The number of nitrogens with zero attached hydrogens (tertiary/aromatic N) is 2. The van der Waals surface area contributed by atoms with Crippen LogP contribution in [0.2, 0.25) is 0 Å². The third-order valence-electron chi connectivity index (χ3n) is 7.27. The predicted octanol–water partition coefficient (Wildman–Crippen LogP) is 8.82. The second kappa shape index (κ2) is 8.14. The van der Waals surface area contributed by atoms with Crippen molar-refractivity contribution in [1.82, 2.24) is 9.55 Å². The van der Waals surface area contributed by atoms with Crippen molar-refractivity contribution in [3.8, 4) is 16.9 Å². The van der Waals surface area contributed by atoms with Crippen LogP contribution in [0.1, 0.15) is 37.3 Å². The zero-order valence-electron chi connectivity index (χ0n) is 19.9. The third kappa shape index (κ3) is 3.13. The maximum atomic E-state index is 4.72. The highest BCUT2D eigenvalue weighted by Crippen LogP contribution is 2.41. The largest absolute Gasteiger partial charge is 0.294 e. The lowest BCUT2D eigenvalue weighted by Gasteiger charge is -2.17. The molecule has 0 aliphatic rings. The van der Waals surface area contributed by atoms with Gasteiger partial charge in [-0.15, -0.1) is 0 Å². The van der Waals surface area contributed by atoms with E-state index in [0.717, 1.165) is 12.2 Å². The van der Waals surface area contributed by atoms with Crippen molar-refractivity contribution in [2.75, 3.05) is 0 Å². The molecule has 0 saturated heterocycles. The van der Waals surface area contributed by atoms with Gasteiger partial charge in [-0.1, -0.05) is 74.5 Å². The minimum Gasteiger partial charge on any atom is -0.294 e. The van der Waals surface area contributed by atoms with E-state index in [1.807, 2.05) is 12.3 Å². The van der Waals surface area contributed by atoms with E-state index in [1.54, 1.807) is 0 Å². The van der Waals surface area contributed by atoms with Crippen molar-refractivity contribution >= 4 is 32.6 Å². The van der Waals surface area contributed by atoms with E-state index in [2.05, 4.69) is 110 Å². The van der Waals surface area contributed by atoms with Gasteiger partial charge in [-0.2, -0.15) is 0 Å². The normalized spacial score (nSPS) is 12.6. The summed E-state index contributed by atoms with van der Waals surface area (Å²) >= 11 is 0. The average molecular weight is 441 g/mol. The molecule has 0 aliphatic heterocycles. The van der Waals surface area contributed by atoms with E-state index in [9.17, 15) is 0 Å². The Labute approximate surface area is 200 Å². The highest BCUT2D eigenvalue weighted by molar-refractivity contribution is 6.22. The number of pyridine rings is 1. The molecular formula is C32H28N2. The predicted molar refractivity (Wildman–Crippen MR) is 145 cm³/mol. The first-order chi connectivity index (χ1) is 16.7. The number of hydrogen-bond donors (Lipinski definition) is 0. The molecule has 2 heteroatoms. The maximum absolute atomic E-state index is 4.72. The number of benzene rings is 4. The highest BCUT2D eigenvalue weighted by atomic mass is 15.1. The first-order valence-electron chi connectivity index (χ1n) is 12.1. The first-order valence-corrected chi connectivity index (χ1v) is 12.1. The summed E-state index contributed by atoms with van der Waals surface area (Å²) in [6.45, 7) is 6.83. The van der Waals surface area contributed by atoms with Crippen molar-refractivity contribution in [2.45, 2.75) is 33.1 Å². The molecule has 0 N–H and O–H groups in total. The van der Waals surface area contributed by atoms with Gasteiger partial charge in [-0.05, 0) is 82.6 Å². The van der Waals surface area contributed by atoms with E-state index in [1.165, 1.54) is 54.8 Å². The number of rotatable bonds is 4. The van der Waals surface area contributed by atoms with Gasteiger partial charge in [-0.25, -0.2) is 4.98 Å². The Morgan fingerprint density at radius 1 is 0.765 bits per heavy atom. The molecule has 166 valence electrons. The smallest absolute Gasteiger partial charge is 0.137 e. The molecule has 0 fully saturated rings. The van der Waals surface area contributed by atoms with Gasteiger partial charge in [0, 0.05) is 17.0 Å². The standard InChI is InChI=1S/C32H28N2/c1-4-21(2)24-12-7-8-14-26(24)27-20-28-30(19-22(27)3)34(31-15-9-10-18-33-31)29-17-16-23-11-5-6-13-25(23)32(28)29/h5-21H,4H2,1-3H3. The van der Waals surface area contributed by atoms with Gasteiger partial charge >= 0.3 is 0 Å². The summed E-state index contributed by atoms with van der Waals surface area (Å²) in [6.07, 6.45) is 3.00. The average Bonchev–Trinajstić information content (AvgIpc) is 3.21. The highest BCUT2D eigenvalue weighted by Gasteiger charge is 2.19. The monoisotopic (exact) mass is 440 g/mol. The summed E-state index contributed by atoms with van der Waals surface area (Å²) in [7, 11) is 0. The maximum Gasteiger partial charge on any atom is 0.137 e. The lowest BCUT2D eigenvalue weighted by atomic mass is 9.88. The van der Waals surface area contributed by atoms with Gasteiger partial charge in [0.15, 0.2) is 0 Å². The topological polar surface area (TPSA) is 17.8 Å². The van der Waals surface area contributed by atoms with E-state index in [0.29, 0.717) is 5.92 Å². The SMILES string of the molecule is CCC(C)c1ccccc1-c1cc2c3c4ccccc4ccc3n(-c3ccccn3)c2cc1C. The molecule has 1 atom stereocenters. The van der Waals surface area contributed by atoms with Crippen LogP contribution in [0, 0.1) is 6.92 Å². The molecule has 0 saturated carbocycles. The molecule has 6 aromatic rings. The van der Waals surface area contributed by atoms with E-state index >= 15 is 0 Å². The van der Waals surface area contributed by atoms with Crippen LogP contribution in [-0.4, -0.2) is 9.55 Å². The van der Waals surface area contributed by atoms with Crippen molar-refractivity contribution in [2.24, 2.45) is 0 Å². The fraction of sp³-hybridized carbons (Fsp3) is 0.156. The number of hydrogen-bond acceptors (Lipinski definition) is 1. The Morgan fingerprint density at radius 3 is 2.38 bits per heavy atom. The van der Waals surface area contributed by atoms with Crippen molar-refractivity contribution in [1.29, 1.82) is 0 Å². The Morgan fingerprint density at radius 2 is 1.56 bits per heavy atom. The van der Waals surface area contributed by atoms with Crippen molar-refractivity contribution in [3.05, 3.63) is 108 Å². The zero-order valence-corrected chi connectivity index (χ0v) is 19.9. The Bertz CT molecular complexity index is 1660. The van der Waals surface area contributed by atoms with Crippen LogP contribution in [0.5, 0.6) is 0 Å². The second-order valence-corrected chi connectivity index (χ2v) is 9.28. The van der Waals surface area contributed by atoms with Crippen LogP contribution >= 0.6 is 0 Å². The third-order valence-corrected chi connectivity index (χ3v) is 7.27. The van der Waals surface area contributed by atoms with Crippen molar-refractivity contribution in [3.63, 3.8) is 0 Å². The summed E-state index contributed by atoms with van der Waals surface area (Å²) in [5.74, 6) is 1.46. The summed E-state index contributed by atoms with van der Waals surface area (Å²) in [5.41, 5.74) is 7.76. The van der Waals surface area contributed by atoms with Crippen LogP contribution in [0.4, 0.5) is 0 Å². The lowest BCUT2D eigenvalue weighted by Crippen LogP contribution is -1.98. The van der Waals surface area contributed by atoms with Crippen LogP contribution < -0.4 is 0 Å². The zero-order chi connectivity index (χ0) is 23.2. The fourth-order valence-electron chi connectivity index (χ4n) is 5.35. The molecule has 34 heavy (non-hydrogen) atoms. The molecule has 2 heterocycles. The van der Waals surface area contributed by atoms with Crippen molar-refractivity contribution < 1.29 is 0 Å². The summed E-state index contributed by atoms with van der Waals surface area (Å²) < 4.78 is 2.31. The minimum atomic E-state index is 0.516. The van der Waals surface area contributed by atoms with Crippen LogP contribution in [0.25, 0.3) is 49.5 Å². The minimum absolute atomic E-state index is 0.516. The van der Waals surface area contributed by atoms with Gasteiger partial charge in [0.05, 0.1) is 11.0 Å². The van der Waals surface area contributed by atoms with Gasteiger partial charge < -0.3 is 0 Å². The summed E-state index contributed by atoms with van der Waals surface area (Å²) in [5, 5.41) is 5.11. The quantitative estimate of drug-likeness (QED) is 0.268. The van der Waals surface area contributed by atoms with Gasteiger partial charge in [0.1, 0.15) is 5.82 Å². The molecule has 4 aromatic carbocycles. The molecule has 2 aromatic heterocycles. The number of fused-ring (bicyclic) bond motifs is 5. The number of aryl methyl sites for hydroxylation is 1. The number of aromatic nitrogens is 2. The molecule has 0 bridgehead atoms. The van der Waals surface area contributed by atoms with Crippen LogP contribution in [0.3, 0.4) is 0 Å². The molecular weight excluding hydrogens is 412 g/mol. The fourth-order valence-corrected chi connectivity index (χ4v) is 5.35. The molecule has 6 rings (SSSR count). The van der Waals surface area contributed by atoms with Crippen LogP contribution in [0.15, 0.2) is 97.2 Å². The Hall–Kier alpha value is -3.91. The summed E-state index contributed by atoms with van der Waals surface area (Å²) in [6, 6.07) is 33.0. The van der Waals surface area contributed by atoms with Gasteiger partial charge in [0.25, 0.3) is 0 Å². The molecule has 0 amide bonds. The van der Waals surface area contributed by atoms with Gasteiger partial charge in [-0.3, -0.25) is 4.57 Å². The van der Waals surface area contributed by atoms with Gasteiger partial charge in [0.2, 0.25) is 0 Å².